The molecule has 27 heavy (non-hydrogen) atoms. The molecule has 3 nitrogen and oxygen atoms in total. The second-order valence-electron chi connectivity index (χ2n) is 7.36. The monoisotopic (exact) mass is 367 g/mol. The highest BCUT2D eigenvalue weighted by Gasteiger charge is 2.48. The van der Waals surface area contributed by atoms with Gasteiger partial charge in [0.15, 0.2) is 11.6 Å². The van der Waals surface area contributed by atoms with E-state index in [1.54, 1.807) is 0 Å². The minimum atomic E-state index is -0.921. The Morgan fingerprint density at radius 1 is 1.19 bits per heavy atom. The Morgan fingerprint density at radius 2 is 2.00 bits per heavy atom. The molecule has 4 rings (SSSR count). The molecule has 2 aromatic carbocycles. The molecular weight excluding hydrogens is 348 g/mol. The zero-order valence-electron chi connectivity index (χ0n) is 14.8. The van der Waals surface area contributed by atoms with E-state index in [9.17, 15) is 13.6 Å². The van der Waals surface area contributed by atoms with Crippen LogP contribution in [0.4, 0.5) is 8.78 Å². The van der Waals surface area contributed by atoms with Crippen molar-refractivity contribution < 1.29 is 18.7 Å². The van der Waals surface area contributed by atoms with Crippen LogP contribution in [0.5, 0.6) is 0 Å². The third-order valence-corrected chi connectivity index (χ3v) is 5.39. The maximum Gasteiger partial charge on any atom is 0.304 e. The second kappa shape index (κ2) is 6.79. The fourth-order valence-corrected chi connectivity index (χ4v) is 3.83. The Balaban J connectivity index is 1.59. The largest absolute Gasteiger partial charge is 0.481 e. The first-order chi connectivity index (χ1) is 13.0. The number of carboxylic acid groups (broad SMARTS) is 1. The Labute approximate surface area is 156 Å². The van der Waals surface area contributed by atoms with Gasteiger partial charge in [-0.25, -0.2) is 8.78 Å². The van der Waals surface area contributed by atoms with Crippen molar-refractivity contribution in [3.05, 3.63) is 70.3 Å². The maximum atomic E-state index is 13.8. The Bertz CT molecular complexity index is 970. The van der Waals surface area contributed by atoms with Crippen LogP contribution in [0.1, 0.15) is 41.5 Å². The van der Waals surface area contributed by atoms with Crippen LogP contribution in [-0.4, -0.2) is 29.1 Å². The number of carbonyl (C=O) groups is 1. The molecular formula is C22H19F2NO2. The molecule has 0 atom stereocenters. The quantitative estimate of drug-likeness (QED) is 0.842. The van der Waals surface area contributed by atoms with Gasteiger partial charge in [-0.05, 0) is 48.2 Å². The highest BCUT2D eigenvalue weighted by molar-refractivity contribution is 5.66. The van der Waals surface area contributed by atoms with E-state index in [2.05, 4.69) is 22.8 Å². The van der Waals surface area contributed by atoms with Crippen molar-refractivity contribution in [1.82, 2.24) is 4.90 Å². The van der Waals surface area contributed by atoms with Gasteiger partial charge in [0.25, 0.3) is 0 Å². The summed E-state index contributed by atoms with van der Waals surface area (Å²) in [6.45, 7) is 2.15. The lowest BCUT2D eigenvalue weighted by Gasteiger charge is -2.35. The summed E-state index contributed by atoms with van der Waals surface area (Å²) in [6, 6.07) is 9.95. The van der Waals surface area contributed by atoms with E-state index in [4.69, 9.17) is 5.11 Å². The van der Waals surface area contributed by atoms with Crippen molar-refractivity contribution in [2.45, 2.75) is 31.2 Å². The van der Waals surface area contributed by atoms with E-state index in [1.807, 2.05) is 12.1 Å². The first kappa shape index (κ1) is 17.7. The molecule has 0 aromatic heterocycles. The molecule has 2 aliphatic rings. The molecule has 1 saturated carbocycles. The molecule has 1 N–H and O–H groups in total. The minimum absolute atomic E-state index is 0.0497. The van der Waals surface area contributed by atoms with Gasteiger partial charge >= 0.3 is 5.97 Å². The van der Waals surface area contributed by atoms with Gasteiger partial charge in [-0.15, -0.1) is 0 Å². The summed E-state index contributed by atoms with van der Waals surface area (Å²) < 4.78 is 27.1. The predicted molar refractivity (Wildman–Crippen MR) is 97.2 cm³/mol. The summed E-state index contributed by atoms with van der Waals surface area (Å²) in [6.07, 6.45) is 2.31. The highest BCUT2D eigenvalue weighted by atomic mass is 19.2. The fourth-order valence-electron chi connectivity index (χ4n) is 3.83. The van der Waals surface area contributed by atoms with Gasteiger partial charge in [0.2, 0.25) is 0 Å². The summed E-state index contributed by atoms with van der Waals surface area (Å²) in [7, 11) is 0. The lowest BCUT2D eigenvalue weighted by Crippen LogP contribution is -2.39. The molecule has 1 fully saturated rings. The number of nitrogens with zero attached hydrogens (tertiary/aromatic N) is 1. The average molecular weight is 367 g/mol. The number of rotatable bonds is 3. The smallest absolute Gasteiger partial charge is 0.304 e. The number of carboxylic acids is 1. The molecule has 1 spiro atoms. The van der Waals surface area contributed by atoms with E-state index in [-0.39, 0.29) is 17.4 Å². The van der Waals surface area contributed by atoms with Gasteiger partial charge in [-0.2, -0.15) is 0 Å². The number of aliphatic carboxylic acids is 1. The van der Waals surface area contributed by atoms with Crippen LogP contribution < -0.4 is 0 Å². The number of hydrogen-bond donors (Lipinski definition) is 1. The molecule has 0 amide bonds. The van der Waals surface area contributed by atoms with E-state index < -0.39 is 17.6 Å². The van der Waals surface area contributed by atoms with Crippen molar-refractivity contribution in [2.24, 2.45) is 0 Å². The molecule has 0 radical (unpaired) electrons. The minimum Gasteiger partial charge on any atom is -0.481 e. The molecule has 0 saturated heterocycles. The van der Waals surface area contributed by atoms with Crippen LogP contribution in [0.15, 0.2) is 36.4 Å². The van der Waals surface area contributed by atoms with Crippen molar-refractivity contribution in [3.63, 3.8) is 0 Å². The Hall–Kier alpha value is -2.71. The second-order valence-corrected chi connectivity index (χ2v) is 7.36. The van der Waals surface area contributed by atoms with Crippen molar-refractivity contribution in [1.29, 1.82) is 0 Å². The molecule has 2 aromatic rings. The van der Waals surface area contributed by atoms with Gasteiger partial charge in [0.1, 0.15) is 0 Å². The van der Waals surface area contributed by atoms with Crippen molar-refractivity contribution >= 4 is 5.97 Å². The third kappa shape index (κ3) is 3.58. The predicted octanol–water partition coefficient (Wildman–Crippen LogP) is 3.69. The summed E-state index contributed by atoms with van der Waals surface area (Å²) >= 11 is 0. The number of benzene rings is 2. The van der Waals surface area contributed by atoms with Crippen LogP contribution >= 0.6 is 0 Å². The molecule has 5 heteroatoms. The molecule has 0 unspecified atom stereocenters. The number of hydrogen-bond acceptors (Lipinski definition) is 2. The number of fused-ring (bicyclic) bond motifs is 2. The molecule has 1 aliphatic heterocycles. The van der Waals surface area contributed by atoms with Crippen LogP contribution in [0, 0.1) is 23.5 Å². The molecule has 0 bridgehead atoms. The molecule has 138 valence electrons. The number of halogens is 2. The Morgan fingerprint density at radius 3 is 2.74 bits per heavy atom. The fraction of sp³-hybridized carbons (Fsp3) is 0.318. The van der Waals surface area contributed by atoms with Gasteiger partial charge in [0.05, 0.1) is 12.0 Å². The van der Waals surface area contributed by atoms with E-state index in [0.717, 1.165) is 37.6 Å². The van der Waals surface area contributed by atoms with Crippen LogP contribution in [0.3, 0.4) is 0 Å². The SMILES string of the molecule is O=C(O)CCN1Cc2ccc(C#Cc3cccc(F)c3F)cc2C2(CC2)C1. The normalized spacial score (nSPS) is 17.1. The van der Waals surface area contributed by atoms with Crippen molar-refractivity contribution in [3.8, 4) is 11.8 Å². The molecule has 1 heterocycles. The van der Waals surface area contributed by atoms with Gasteiger partial charge in [0, 0.05) is 30.6 Å². The zero-order valence-corrected chi connectivity index (χ0v) is 14.8. The van der Waals surface area contributed by atoms with Gasteiger partial charge < -0.3 is 5.11 Å². The average Bonchev–Trinajstić information content (AvgIpc) is 3.41. The van der Waals surface area contributed by atoms with Crippen LogP contribution in [-0.2, 0) is 16.8 Å². The van der Waals surface area contributed by atoms with E-state index in [1.165, 1.54) is 23.3 Å². The van der Waals surface area contributed by atoms with E-state index >= 15 is 0 Å². The van der Waals surface area contributed by atoms with E-state index in [0.29, 0.717) is 6.54 Å². The summed E-state index contributed by atoms with van der Waals surface area (Å²) in [5.74, 6) is 3.08. The maximum absolute atomic E-state index is 13.8. The first-order valence-electron chi connectivity index (χ1n) is 9.00. The highest BCUT2D eigenvalue weighted by Crippen LogP contribution is 2.52. The first-order valence-corrected chi connectivity index (χ1v) is 9.00. The zero-order chi connectivity index (χ0) is 19.0. The Kier molecular flexibility index (Phi) is 4.45. The van der Waals surface area contributed by atoms with Gasteiger partial charge in [-0.1, -0.05) is 24.0 Å². The lowest BCUT2D eigenvalue weighted by molar-refractivity contribution is -0.137. The molecule has 1 aliphatic carbocycles. The summed E-state index contributed by atoms with van der Waals surface area (Å²) in [4.78, 5) is 13.1. The topological polar surface area (TPSA) is 40.5 Å². The lowest BCUT2D eigenvalue weighted by atomic mass is 9.85. The summed E-state index contributed by atoms with van der Waals surface area (Å²) in [5, 5.41) is 8.92. The van der Waals surface area contributed by atoms with Crippen molar-refractivity contribution in [2.75, 3.05) is 13.1 Å². The van der Waals surface area contributed by atoms with Crippen LogP contribution in [0.2, 0.25) is 0 Å². The van der Waals surface area contributed by atoms with Gasteiger partial charge in [-0.3, -0.25) is 9.69 Å². The summed E-state index contributed by atoms with van der Waals surface area (Å²) in [5.41, 5.74) is 3.39. The van der Waals surface area contributed by atoms with Crippen LogP contribution in [0.25, 0.3) is 0 Å². The standard InChI is InChI=1S/C22H19F2NO2/c23-19-3-1-2-16(21(19)24)6-4-15-5-7-17-13-25(11-8-20(26)27)14-22(9-10-22)18(17)12-15/h1-3,5,7,12H,8-11,13-14H2,(H,26,27). The third-order valence-electron chi connectivity index (χ3n) is 5.39.